The van der Waals surface area contributed by atoms with E-state index < -0.39 is 11.7 Å². The van der Waals surface area contributed by atoms with E-state index in [0.29, 0.717) is 12.1 Å². The van der Waals surface area contributed by atoms with E-state index in [9.17, 15) is 9.59 Å². The Balaban J connectivity index is 1.53. The summed E-state index contributed by atoms with van der Waals surface area (Å²) in [5.41, 5.74) is 3.74. The van der Waals surface area contributed by atoms with Crippen molar-refractivity contribution >= 4 is 23.0 Å². The number of rotatable bonds is 6. The number of hydrogen-bond donors (Lipinski definition) is 0. The highest BCUT2D eigenvalue weighted by Gasteiger charge is 2.33. The zero-order valence-corrected chi connectivity index (χ0v) is 25.1. The monoisotopic (exact) mass is 570 g/mol. The highest BCUT2D eigenvalue weighted by Crippen LogP contribution is 2.41. The second-order valence-electron chi connectivity index (χ2n) is 11.7. The standard InChI is InChI=1S/C33H38N4O5/c1-21-18-28(40-5)26(25-13-17-37(29(21)25)32(39)42-33(2,3)4)20-36-16-12-24(30-34-14-7-15-35-30)19-27(36)22-8-10-23(11-9-22)31(38)41-6/h7-11,13-15,17-18,24,27H,12,16,19-20H2,1-6H3. The third kappa shape index (κ3) is 6.01. The Labute approximate surface area is 246 Å². The van der Waals surface area contributed by atoms with Gasteiger partial charge in [-0.1, -0.05) is 12.1 Å². The fraction of sp³-hybridized carbons (Fsp3) is 0.394. The van der Waals surface area contributed by atoms with Gasteiger partial charge in [-0.05, 0) is 88.5 Å². The summed E-state index contributed by atoms with van der Waals surface area (Å²) in [6.07, 6.45) is 6.66. The molecular weight excluding hydrogens is 532 g/mol. The van der Waals surface area contributed by atoms with Gasteiger partial charge in [0.15, 0.2) is 0 Å². The largest absolute Gasteiger partial charge is 0.496 e. The molecule has 0 spiro atoms. The van der Waals surface area contributed by atoms with Gasteiger partial charge in [-0.3, -0.25) is 9.47 Å². The summed E-state index contributed by atoms with van der Waals surface area (Å²) in [5.74, 6) is 1.45. The molecule has 0 aliphatic carbocycles. The summed E-state index contributed by atoms with van der Waals surface area (Å²) in [6.45, 7) is 8.97. The lowest BCUT2D eigenvalue weighted by molar-refractivity contribution is 0.0542. The van der Waals surface area contributed by atoms with E-state index >= 15 is 0 Å². The minimum absolute atomic E-state index is 0.0354. The van der Waals surface area contributed by atoms with Crippen LogP contribution in [0.15, 0.2) is 61.1 Å². The van der Waals surface area contributed by atoms with Crippen molar-refractivity contribution in [1.82, 2.24) is 19.4 Å². The van der Waals surface area contributed by atoms with Crippen LogP contribution in [-0.4, -0.2) is 57.9 Å². The smallest absolute Gasteiger partial charge is 0.419 e. The molecule has 1 aliphatic heterocycles. The van der Waals surface area contributed by atoms with Crippen LogP contribution in [0.4, 0.5) is 4.79 Å². The molecule has 0 radical (unpaired) electrons. The van der Waals surface area contributed by atoms with Crippen molar-refractivity contribution in [3.63, 3.8) is 0 Å². The molecule has 1 fully saturated rings. The van der Waals surface area contributed by atoms with E-state index in [1.165, 1.54) is 7.11 Å². The minimum atomic E-state index is -0.611. The Morgan fingerprint density at radius 3 is 2.40 bits per heavy atom. The molecule has 2 aromatic heterocycles. The van der Waals surface area contributed by atoms with Crippen LogP contribution < -0.4 is 4.74 Å². The second kappa shape index (κ2) is 11.9. The lowest BCUT2D eigenvalue weighted by Gasteiger charge is -2.39. The zero-order valence-electron chi connectivity index (χ0n) is 25.1. The van der Waals surface area contributed by atoms with Crippen molar-refractivity contribution in [3.8, 4) is 5.75 Å². The highest BCUT2D eigenvalue weighted by atomic mass is 16.6. The molecule has 5 rings (SSSR count). The number of ether oxygens (including phenoxy) is 3. The average molecular weight is 571 g/mol. The highest BCUT2D eigenvalue weighted by molar-refractivity contribution is 5.95. The first-order chi connectivity index (χ1) is 20.1. The van der Waals surface area contributed by atoms with Crippen molar-refractivity contribution in [1.29, 1.82) is 0 Å². The van der Waals surface area contributed by atoms with E-state index in [-0.39, 0.29) is 17.9 Å². The van der Waals surface area contributed by atoms with Crippen molar-refractivity contribution in [2.24, 2.45) is 0 Å². The molecule has 1 aliphatic rings. The molecule has 2 unspecified atom stereocenters. The fourth-order valence-corrected chi connectivity index (χ4v) is 5.84. The third-order valence-corrected chi connectivity index (χ3v) is 7.78. The van der Waals surface area contributed by atoms with Crippen LogP contribution >= 0.6 is 0 Å². The number of aryl methyl sites for hydroxylation is 1. The normalized spacial score (nSPS) is 17.7. The number of methoxy groups -OCH3 is 2. The van der Waals surface area contributed by atoms with Gasteiger partial charge in [0.25, 0.3) is 0 Å². The van der Waals surface area contributed by atoms with E-state index in [2.05, 4.69) is 14.9 Å². The topological polar surface area (TPSA) is 95.8 Å². The number of benzene rings is 2. The summed E-state index contributed by atoms with van der Waals surface area (Å²) in [7, 11) is 3.06. The number of carbonyl (C=O) groups is 2. The SMILES string of the molecule is COC(=O)c1ccc(C2CC(c3ncccn3)CCN2Cc2c(OC)cc(C)c3c2ccn3C(=O)OC(C)(C)C)cc1. The number of aromatic nitrogens is 3. The van der Waals surface area contributed by atoms with Gasteiger partial charge >= 0.3 is 12.1 Å². The molecule has 2 atom stereocenters. The summed E-state index contributed by atoms with van der Waals surface area (Å²) < 4.78 is 18.1. The molecule has 220 valence electrons. The van der Waals surface area contributed by atoms with Gasteiger partial charge in [0.05, 0.1) is 25.3 Å². The number of carbonyl (C=O) groups excluding carboxylic acids is 2. The van der Waals surface area contributed by atoms with Gasteiger partial charge in [0.2, 0.25) is 0 Å². The zero-order chi connectivity index (χ0) is 30.0. The van der Waals surface area contributed by atoms with Crippen LogP contribution in [0.3, 0.4) is 0 Å². The molecule has 1 saturated heterocycles. The van der Waals surface area contributed by atoms with Crippen LogP contribution in [0.25, 0.3) is 10.9 Å². The first-order valence-electron chi connectivity index (χ1n) is 14.2. The third-order valence-electron chi connectivity index (χ3n) is 7.78. The molecule has 2 aromatic carbocycles. The maximum atomic E-state index is 13.1. The first kappa shape index (κ1) is 29.3. The average Bonchev–Trinajstić information content (AvgIpc) is 3.44. The number of fused-ring (bicyclic) bond motifs is 1. The maximum Gasteiger partial charge on any atom is 0.419 e. The van der Waals surface area contributed by atoms with Crippen LogP contribution in [0.5, 0.6) is 5.75 Å². The van der Waals surface area contributed by atoms with Gasteiger partial charge in [0, 0.05) is 48.0 Å². The van der Waals surface area contributed by atoms with Crippen molar-refractivity contribution in [3.05, 3.63) is 89.1 Å². The van der Waals surface area contributed by atoms with Crippen molar-refractivity contribution < 1.29 is 23.8 Å². The van der Waals surface area contributed by atoms with Crippen LogP contribution in [0.1, 0.15) is 78.4 Å². The number of nitrogens with zero attached hydrogens (tertiary/aromatic N) is 4. The van der Waals surface area contributed by atoms with Gasteiger partial charge in [-0.15, -0.1) is 0 Å². The maximum absolute atomic E-state index is 13.1. The lowest BCUT2D eigenvalue weighted by atomic mass is 9.85. The predicted octanol–water partition coefficient (Wildman–Crippen LogP) is 6.44. The predicted molar refractivity (Wildman–Crippen MR) is 160 cm³/mol. The summed E-state index contributed by atoms with van der Waals surface area (Å²) >= 11 is 0. The Morgan fingerprint density at radius 2 is 1.76 bits per heavy atom. The summed E-state index contributed by atoms with van der Waals surface area (Å²) in [5, 5.41) is 0.950. The van der Waals surface area contributed by atoms with Gasteiger partial charge in [-0.2, -0.15) is 0 Å². The van der Waals surface area contributed by atoms with E-state index in [0.717, 1.165) is 58.6 Å². The molecule has 42 heavy (non-hydrogen) atoms. The molecule has 9 nitrogen and oxygen atoms in total. The van der Waals surface area contributed by atoms with Crippen molar-refractivity contribution in [2.45, 2.75) is 64.6 Å². The molecule has 0 bridgehead atoms. The van der Waals surface area contributed by atoms with Gasteiger partial charge in [-0.25, -0.2) is 19.6 Å². The Hall–Kier alpha value is -4.24. The van der Waals surface area contributed by atoms with Crippen LogP contribution in [0, 0.1) is 6.92 Å². The van der Waals surface area contributed by atoms with Crippen LogP contribution in [-0.2, 0) is 16.0 Å². The molecule has 0 N–H and O–H groups in total. The summed E-state index contributed by atoms with van der Waals surface area (Å²) in [4.78, 5) is 36.7. The molecule has 0 amide bonds. The molecular formula is C33H38N4O5. The lowest BCUT2D eigenvalue weighted by Crippen LogP contribution is -2.36. The first-order valence-corrected chi connectivity index (χ1v) is 14.2. The Bertz CT molecular complexity index is 1570. The van der Waals surface area contributed by atoms with Crippen LogP contribution in [0.2, 0.25) is 0 Å². The quantitative estimate of drug-likeness (QED) is 0.245. The number of likely N-dealkylation sites (tertiary alicyclic amines) is 1. The van der Waals surface area contributed by atoms with E-state index in [1.807, 2.05) is 70.2 Å². The van der Waals surface area contributed by atoms with Gasteiger partial charge in [0.1, 0.15) is 17.2 Å². The molecule has 4 aromatic rings. The number of piperidine rings is 1. The molecule has 9 heteroatoms. The number of hydrogen-bond acceptors (Lipinski definition) is 8. The number of esters is 1. The minimum Gasteiger partial charge on any atom is -0.496 e. The fourth-order valence-electron chi connectivity index (χ4n) is 5.84. The van der Waals surface area contributed by atoms with E-state index in [4.69, 9.17) is 14.2 Å². The second-order valence-corrected chi connectivity index (χ2v) is 11.7. The molecule has 3 heterocycles. The summed E-state index contributed by atoms with van der Waals surface area (Å²) in [6, 6.07) is 13.4. The molecule has 0 saturated carbocycles. The van der Waals surface area contributed by atoms with Gasteiger partial charge < -0.3 is 14.2 Å². The van der Waals surface area contributed by atoms with Crippen molar-refractivity contribution in [2.75, 3.05) is 20.8 Å². The Morgan fingerprint density at radius 1 is 1.05 bits per heavy atom. The van der Waals surface area contributed by atoms with E-state index in [1.54, 1.807) is 30.3 Å². The Kier molecular flexibility index (Phi) is 8.31.